The monoisotopic (exact) mass is 592 g/mol. The van der Waals surface area contributed by atoms with Gasteiger partial charge in [0.25, 0.3) is 0 Å². The van der Waals surface area contributed by atoms with E-state index in [1.54, 1.807) is 0 Å². The standard InChI is InChI=1S/C43H48N2/c1-6-9-15-32-19-22-38-37(29-32)40-18-13-14-26-45(40)43(8-3,42(38,5)7-2)25-23-39-36-30-34(33-16-11-10-12-17-33)20-21-35(36)41-28-31(4)24-27-44(39)41/h10-14,16-22,24,26-30,39H,6-9,15,23,25H2,1-5H3/q+2. The van der Waals surface area contributed by atoms with Crippen molar-refractivity contribution in [2.24, 2.45) is 0 Å². The summed E-state index contributed by atoms with van der Waals surface area (Å²) in [5, 5.41) is 0. The number of nitrogens with zero attached hydrogens (tertiary/aromatic N) is 2. The van der Waals surface area contributed by atoms with Crippen LogP contribution in [0.15, 0.2) is 109 Å². The average Bonchev–Trinajstić information content (AvgIpc) is 3.39. The average molecular weight is 593 g/mol. The molecule has 7 rings (SSSR count). The van der Waals surface area contributed by atoms with Crippen molar-refractivity contribution in [3.05, 3.63) is 132 Å². The largest absolute Gasteiger partial charge is 0.213 e. The molecule has 0 aliphatic carbocycles. The van der Waals surface area contributed by atoms with Gasteiger partial charge >= 0.3 is 0 Å². The van der Waals surface area contributed by atoms with E-state index in [4.69, 9.17) is 0 Å². The molecule has 0 saturated carbocycles. The molecule has 2 heteroatoms. The predicted molar refractivity (Wildman–Crippen MR) is 186 cm³/mol. The summed E-state index contributed by atoms with van der Waals surface area (Å²) in [5.74, 6) is 0. The SMILES string of the molecule is CCCCc1ccc2c(c1)-c1cccc[n+]1C(CC)(CCC1c3cc(-c4ccccc4)ccc3-c3cc(C)cc[n+]31)C2(C)CC. The summed E-state index contributed by atoms with van der Waals surface area (Å²) >= 11 is 0. The summed E-state index contributed by atoms with van der Waals surface area (Å²) in [7, 11) is 0. The van der Waals surface area contributed by atoms with Crippen LogP contribution in [0, 0.1) is 6.92 Å². The molecule has 3 unspecified atom stereocenters. The molecule has 0 radical (unpaired) electrons. The first kappa shape index (κ1) is 29.7. The van der Waals surface area contributed by atoms with Crippen molar-refractivity contribution in [2.45, 2.75) is 96.6 Å². The molecule has 0 spiro atoms. The van der Waals surface area contributed by atoms with Crippen molar-refractivity contribution in [1.82, 2.24) is 0 Å². The highest BCUT2D eigenvalue weighted by atomic mass is 15.1. The number of pyridine rings is 2. The van der Waals surface area contributed by atoms with Gasteiger partial charge in [-0.05, 0) is 85.2 Å². The maximum Gasteiger partial charge on any atom is 0.213 e. The molecule has 5 aromatic rings. The quantitative estimate of drug-likeness (QED) is 0.151. The van der Waals surface area contributed by atoms with E-state index in [2.05, 4.69) is 153 Å². The van der Waals surface area contributed by atoms with Crippen molar-refractivity contribution in [1.29, 1.82) is 0 Å². The van der Waals surface area contributed by atoms with Crippen molar-refractivity contribution in [2.75, 3.05) is 0 Å². The van der Waals surface area contributed by atoms with Gasteiger partial charge in [-0.15, -0.1) is 0 Å². The van der Waals surface area contributed by atoms with Crippen LogP contribution in [0.1, 0.15) is 94.5 Å². The number of fused-ring (bicyclic) bond motifs is 6. The lowest BCUT2D eigenvalue weighted by Crippen LogP contribution is -2.69. The van der Waals surface area contributed by atoms with Gasteiger partial charge in [-0.25, -0.2) is 0 Å². The van der Waals surface area contributed by atoms with Gasteiger partial charge in [0, 0.05) is 49.1 Å². The van der Waals surface area contributed by atoms with E-state index in [0.29, 0.717) is 6.04 Å². The van der Waals surface area contributed by atoms with Gasteiger partial charge < -0.3 is 0 Å². The molecule has 2 aromatic heterocycles. The van der Waals surface area contributed by atoms with Gasteiger partial charge in [0.15, 0.2) is 24.0 Å². The van der Waals surface area contributed by atoms with Crippen LogP contribution in [0.25, 0.3) is 33.6 Å². The number of aromatic nitrogens is 2. The molecular weight excluding hydrogens is 544 g/mol. The third kappa shape index (κ3) is 4.68. The highest BCUT2D eigenvalue weighted by Gasteiger charge is 2.59. The normalized spacial score (nSPS) is 21.1. The maximum atomic E-state index is 2.69. The summed E-state index contributed by atoms with van der Waals surface area (Å²) in [4.78, 5) is 0. The smallest absolute Gasteiger partial charge is 0.192 e. The van der Waals surface area contributed by atoms with Gasteiger partial charge in [0.05, 0.1) is 16.5 Å². The highest BCUT2D eigenvalue weighted by Crippen LogP contribution is 2.53. The Bertz CT molecular complexity index is 1850. The second-order valence-electron chi connectivity index (χ2n) is 13.7. The number of rotatable bonds is 9. The third-order valence-electron chi connectivity index (χ3n) is 11.5. The van der Waals surface area contributed by atoms with Crippen molar-refractivity contribution in [3.8, 4) is 33.6 Å². The van der Waals surface area contributed by atoms with Gasteiger partial charge in [0.1, 0.15) is 0 Å². The molecule has 0 fully saturated rings. The molecule has 0 bridgehead atoms. The zero-order valence-corrected chi connectivity index (χ0v) is 27.8. The lowest BCUT2D eigenvalue weighted by Gasteiger charge is -2.48. The summed E-state index contributed by atoms with van der Waals surface area (Å²) in [6.07, 6.45) is 12.7. The van der Waals surface area contributed by atoms with E-state index < -0.39 is 0 Å². The topological polar surface area (TPSA) is 7.76 Å². The van der Waals surface area contributed by atoms with Gasteiger partial charge in [-0.3, -0.25) is 0 Å². The Labute approximate surface area is 270 Å². The summed E-state index contributed by atoms with van der Waals surface area (Å²) in [6, 6.07) is 37.2. The Morgan fingerprint density at radius 1 is 0.711 bits per heavy atom. The Hall–Kier alpha value is -4.04. The van der Waals surface area contributed by atoms with Crippen molar-refractivity contribution < 1.29 is 9.13 Å². The Morgan fingerprint density at radius 2 is 1.53 bits per heavy atom. The fraction of sp³-hybridized carbons (Fsp3) is 0.349. The first-order chi connectivity index (χ1) is 21.9. The van der Waals surface area contributed by atoms with Crippen LogP contribution in [-0.4, -0.2) is 0 Å². The molecule has 0 N–H and O–H groups in total. The summed E-state index contributed by atoms with van der Waals surface area (Å²) in [5.41, 5.74) is 13.9. The zero-order valence-electron chi connectivity index (χ0n) is 27.8. The molecule has 0 amide bonds. The number of unbranched alkanes of at least 4 members (excludes halogenated alkanes) is 1. The molecule has 0 saturated heterocycles. The minimum absolute atomic E-state index is 0.00742. The fourth-order valence-electron chi connectivity index (χ4n) is 8.83. The first-order valence-electron chi connectivity index (χ1n) is 17.3. The third-order valence-corrected chi connectivity index (χ3v) is 11.5. The fourth-order valence-corrected chi connectivity index (χ4v) is 8.83. The maximum absolute atomic E-state index is 2.69. The van der Waals surface area contributed by atoms with Crippen molar-refractivity contribution in [3.63, 3.8) is 0 Å². The number of aryl methyl sites for hydroxylation is 2. The molecular formula is C43H48N2+2. The summed E-state index contributed by atoms with van der Waals surface area (Å²) < 4.78 is 5.26. The number of hydrogen-bond donors (Lipinski definition) is 0. The van der Waals surface area contributed by atoms with Crippen LogP contribution in [0.3, 0.4) is 0 Å². The second-order valence-corrected chi connectivity index (χ2v) is 13.7. The first-order valence-corrected chi connectivity index (χ1v) is 17.3. The van der Waals surface area contributed by atoms with E-state index in [-0.39, 0.29) is 11.0 Å². The van der Waals surface area contributed by atoms with E-state index in [1.165, 1.54) is 68.7 Å². The number of benzene rings is 3. The van der Waals surface area contributed by atoms with Crippen LogP contribution in [0.2, 0.25) is 0 Å². The predicted octanol–water partition coefficient (Wildman–Crippen LogP) is 10.1. The Morgan fingerprint density at radius 3 is 2.31 bits per heavy atom. The Balaban J connectivity index is 1.34. The molecule has 4 heterocycles. The molecule has 2 aliphatic heterocycles. The molecule has 45 heavy (non-hydrogen) atoms. The van der Waals surface area contributed by atoms with Crippen LogP contribution in [0.5, 0.6) is 0 Å². The van der Waals surface area contributed by atoms with Crippen LogP contribution in [-0.2, 0) is 17.4 Å². The van der Waals surface area contributed by atoms with E-state index >= 15 is 0 Å². The van der Waals surface area contributed by atoms with Gasteiger partial charge in [-0.2, -0.15) is 9.13 Å². The van der Waals surface area contributed by atoms with Crippen molar-refractivity contribution >= 4 is 0 Å². The second kappa shape index (κ2) is 11.7. The molecule has 228 valence electrons. The van der Waals surface area contributed by atoms with Crippen LogP contribution < -0.4 is 9.13 Å². The zero-order chi connectivity index (χ0) is 31.2. The van der Waals surface area contributed by atoms with E-state index in [1.807, 2.05) is 0 Å². The van der Waals surface area contributed by atoms with E-state index in [0.717, 1.165) is 32.1 Å². The lowest BCUT2D eigenvalue weighted by molar-refractivity contribution is -0.772. The van der Waals surface area contributed by atoms with Crippen LogP contribution in [0.4, 0.5) is 0 Å². The Kier molecular flexibility index (Phi) is 7.72. The van der Waals surface area contributed by atoms with Crippen LogP contribution >= 0.6 is 0 Å². The van der Waals surface area contributed by atoms with Gasteiger partial charge in [0.2, 0.25) is 11.4 Å². The minimum Gasteiger partial charge on any atom is -0.192 e. The van der Waals surface area contributed by atoms with E-state index in [9.17, 15) is 0 Å². The molecule has 2 nitrogen and oxygen atoms in total. The molecule has 3 atom stereocenters. The molecule has 2 aliphatic rings. The summed E-state index contributed by atoms with van der Waals surface area (Å²) in [6.45, 7) is 11.9. The highest BCUT2D eigenvalue weighted by molar-refractivity contribution is 5.73. The minimum atomic E-state index is -0.0402. The number of hydrogen-bond acceptors (Lipinski definition) is 0. The lowest BCUT2D eigenvalue weighted by atomic mass is 9.58. The van der Waals surface area contributed by atoms with Gasteiger partial charge in [-0.1, -0.05) is 75.7 Å². The molecule has 3 aromatic carbocycles.